The first-order chi connectivity index (χ1) is 14.2. The second-order valence-electron chi connectivity index (χ2n) is 6.25. The zero-order chi connectivity index (χ0) is 19.8. The van der Waals surface area contributed by atoms with E-state index >= 15 is 0 Å². The maximum Gasteiger partial charge on any atom is 0.235 e. The van der Waals surface area contributed by atoms with E-state index in [0.717, 1.165) is 39.0 Å². The van der Waals surface area contributed by atoms with Crippen molar-refractivity contribution in [2.75, 3.05) is 14.2 Å². The highest BCUT2D eigenvalue weighted by atomic mass is 32.1. The third-order valence-electron chi connectivity index (χ3n) is 4.53. The summed E-state index contributed by atoms with van der Waals surface area (Å²) in [4.78, 5) is 0.714. The molecular formula is C20H16N6O2S. The molecule has 0 aliphatic heterocycles. The number of fused-ring (bicyclic) bond motifs is 1. The lowest BCUT2D eigenvalue weighted by Gasteiger charge is -2.00. The normalized spacial score (nSPS) is 11.1. The molecule has 3 heterocycles. The average Bonchev–Trinajstić information content (AvgIpc) is 3.49. The summed E-state index contributed by atoms with van der Waals surface area (Å²) >= 11 is 1.45. The van der Waals surface area contributed by atoms with Crippen LogP contribution in [0.2, 0.25) is 0 Å². The summed E-state index contributed by atoms with van der Waals surface area (Å²) in [5.74, 6) is 2.28. The van der Waals surface area contributed by atoms with E-state index in [-0.39, 0.29) is 0 Å². The van der Waals surface area contributed by atoms with Crippen LogP contribution in [0.1, 0.15) is 0 Å². The first-order valence-electron chi connectivity index (χ1n) is 8.82. The summed E-state index contributed by atoms with van der Waals surface area (Å²) < 4.78 is 12.2. The number of methoxy groups -OCH3 is 2. The molecule has 0 spiro atoms. The van der Waals surface area contributed by atoms with Crippen molar-refractivity contribution >= 4 is 16.3 Å². The van der Waals surface area contributed by atoms with Gasteiger partial charge in [-0.15, -0.1) is 10.2 Å². The molecule has 1 N–H and O–H groups in total. The highest BCUT2D eigenvalue weighted by molar-refractivity contribution is 7.19. The molecule has 0 saturated heterocycles. The van der Waals surface area contributed by atoms with Crippen molar-refractivity contribution in [2.24, 2.45) is 0 Å². The smallest absolute Gasteiger partial charge is 0.235 e. The average molecular weight is 404 g/mol. The Kier molecular flexibility index (Phi) is 4.21. The van der Waals surface area contributed by atoms with Crippen LogP contribution in [0.4, 0.5) is 0 Å². The highest BCUT2D eigenvalue weighted by Gasteiger charge is 2.16. The van der Waals surface area contributed by atoms with E-state index in [4.69, 9.17) is 9.47 Å². The summed E-state index contributed by atoms with van der Waals surface area (Å²) in [5.41, 5.74) is 3.57. The predicted molar refractivity (Wildman–Crippen MR) is 110 cm³/mol. The van der Waals surface area contributed by atoms with Gasteiger partial charge in [0, 0.05) is 11.1 Å². The number of nitrogens with one attached hydrogen (secondary N) is 1. The number of aromatic amines is 1. The van der Waals surface area contributed by atoms with Gasteiger partial charge in [0.25, 0.3) is 0 Å². The monoisotopic (exact) mass is 404 g/mol. The Balaban J connectivity index is 1.48. The van der Waals surface area contributed by atoms with E-state index in [9.17, 15) is 0 Å². The van der Waals surface area contributed by atoms with Gasteiger partial charge in [-0.05, 0) is 54.6 Å². The van der Waals surface area contributed by atoms with Crippen molar-refractivity contribution in [1.29, 1.82) is 0 Å². The Morgan fingerprint density at radius 1 is 0.862 bits per heavy atom. The van der Waals surface area contributed by atoms with Gasteiger partial charge < -0.3 is 9.47 Å². The van der Waals surface area contributed by atoms with E-state index in [1.165, 1.54) is 11.3 Å². The molecule has 5 aromatic rings. The zero-order valence-electron chi connectivity index (χ0n) is 15.7. The van der Waals surface area contributed by atoms with E-state index in [2.05, 4.69) is 25.5 Å². The van der Waals surface area contributed by atoms with Crippen molar-refractivity contribution in [3.63, 3.8) is 0 Å². The molecule has 0 bridgehead atoms. The van der Waals surface area contributed by atoms with Gasteiger partial charge >= 0.3 is 0 Å². The van der Waals surface area contributed by atoms with Gasteiger partial charge in [0.1, 0.15) is 11.5 Å². The molecule has 0 amide bonds. The number of H-pyrrole nitrogens is 1. The van der Waals surface area contributed by atoms with Crippen molar-refractivity contribution in [2.45, 2.75) is 0 Å². The Morgan fingerprint density at radius 2 is 1.52 bits per heavy atom. The third kappa shape index (κ3) is 3.11. The molecular weight excluding hydrogens is 388 g/mol. The van der Waals surface area contributed by atoms with Gasteiger partial charge in [-0.1, -0.05) is 11.3 Å². The molecule has 3 aromatic heterocycles. The van der Waals surface area contributed by atoms with Crippen LogP contribution >= 0.6 is 11.3 Å². The highest BCUT2D eigenvalue weighted by Crippen LogP contribution is 2.30. The largest absolute Gasteiger partial charge is 0.497 e. The molecule has 144 valence electrons. The topological polar surface area (TPSA) is 90.2 Å². The number of benzene rings is 2. The molecule has 0 aliphatic rings. The molecule has 0 unspecified atom stereocenters. The molecule has 0 radical (unpaired) electrons. The molecule has 0 fully saturated rings. The van der Waals surface area contributed by atoms with Gasteiger partial charge in [0.05, 0.1) is 25.6 Å². The lowest BCUT2D eigenvalue weighted by atomic mass is 10.1. The lowest BCUT2D eigenvalue weighted by Crippen LogP contribution is -1.91. The summed E-state index contributed by atoms with van der Waals surface area (Å²) in [5, 5.41) is 21.5. The second kappa shape index (κ2) is 7.02. The number of nitrogens with zero attached hydrogens (tertiary/aromatic N) is 5. The first-order valence-corrected chi connectivity index (χ1v) is 9.63. The summed E-state index contributed by atoms with van der Waals surface area (Å²) in [6.07, 6.45) is 0. The molecule has 0 atom stereocenters. The van der Waals surface area contributed by atoms with Crippen LogP contribution in [0.5, 0.6) is 11.5 Å². The van der Waals surface area contributed by atoms with E-state index in [1.807, 2.05) is 54.6 Å². The Labute approximate surface area is 169 Å². The lowest BCUT2D eigenvalue weighted by molar-refractivity contribution is 0.414. The van der Waals surface area contributed by atoms with Crippen molar-refractivity contribution in [3.05, 3.63) is 54.6 Å². The van der Waals surface area contributed by atoms with Gasteiger partial charge in [-0.2, -0.15) is 14.7 Å². The number of ether oxygens (including phenoxy) is 2. The van der Waals surface area contributed by atoms with Crippen LogP contribution in [0.25, 0.3) is 38.3 Å². The summed E-state index contributed by atoms with van der Waals surface area (Å²) in [6.45, 7) is 0. The third-order valence-corrected chi connectivity index (χ3v) is 5.47. The van der Waals surface area contributed by atoms with Crippen LogP contribution < -0.4 is 9.47 Å². The Morgan fingerprint density at radius 3 is 2.17 bits per heavy atom. The van der Waals surface area contributed by atoms with Crippen molar-refractivity contribution in [3.8, 4) is 44.8 Å². The molecule has 0 saturated carbocycles. The van der Waals surface area contributed by atoms with Crippen LogP contribution in [0, 0.1) is 0 Å². The Hall–Kier alpha value is -3.72. The molecule has 9 heteroatoms. The van der Waals surface area contributed by atoms with E-state index < -0.39 is 0 Å². The number of hydrogen-bond donors (Lipinski definition) is 1. The van der Waals surface area contributed by atoms with Crippen LogP contribution in [0.3, 0.4) is 0 Å². The molecule has 8 nitrogen and oxygen atoms in total. The second-order valence-corrected chi connectivity index (χ2v) is 7.21. The minimum atomic E-state index is 0.681. The standard InChI is InChI=1S/C20H16N6O2S/c1-27-14-7-3-12(4-8-14)16-11-17(22-21-16)19-25-26-18(23-24-20(26)29-19)13-5-9-15(28-2)10-6-13/h3-11H,1-2H3,(H,21,22). The number of aromatic nitrogens is 6. The maximum atomic E-state index is 5.21. The van der Waals surface area contributed by atoms with E-state index in [0.29, 0.717) is 10.8 Å². The maximum absolute atomic E-state index is 5.21. The number of hydrogen-bond acceptors (Lipinski definition) is 7. The minimum Gasteiger partial charge on any atom is -0.497 e. The quantitative estimate of drug-likeness (QED) is 0.477. The molecule has 29 heavy (non-hydrogen) atoms. The fraction of sp³-hybridized carbons (Fsp3) is 0.100. The summed E-state index contributed by atoms with van der Waals surface area (Å²) in [6, 6.07) is 17.4. The minimum absolute atomic E-state index is 0.681. The van der Waals surface area contributed by atoms with Gasteiger partial charge in [0.2, 0.25) is 4.96 Å². The SMILES string of the molecule is COc1ccc(-c2cc(-c3nn4c(-c5ccc(OC)cc5)nnc4s3)[nH]n2)cc1. The Bertz CT molecular complexity index is 1270. The van der Waals surface area contributed by atoms with Gasteiger partial charge in [-0.3, -0.25) is 5.10 Å². The molecule has 0 aliphatic carbocycles. The van der Waals surface area contributed by atoms with Gasteiger partial charge in [-0.25, -0.2) is 0 Å². The molecule has 5 rings (SSSR count). The van der Waals surface area contributed by atoms with Crippen LogP contribution in [0.15, 0.2) is 54.6 Å². The van der Waals surface area contributed by atoms with Crippen molar-refractivity contribution < 1.29 is 9.47 Å². The van der Waals surface area contributed by atoms with Crippen LogP contribution in [-0.4, -0.2) is 44.2 Å². The fourth-order valence-corrected chi connectivity index (χ4v) is 3.79. The predicted octanol–water partition coefficient (Wildman–Crippen LogP) is 3.93. The van der Waals surface area contributed by atoms with Crippen molar-refractivity contribution in [1.82, 2.24) is 30.0 Å². The van der Waals surface area contributed by atoms with Gasteiger partial charge in [0.15, 0.2) is 10.8 Å². The summed E-state index contributed by atoms with van der Waals surface area (Å²) in [7, 11) is 3.29. The first kappa shape index (κ1) is 17.4. The number of rotatable bonds is 5. The fourth-order valence-electron chi connectivity index (χ4n) is 2.99. The van der Waals surface area contributed by atoms with E-state index in [1.54, 1.807) is 18.7 Å². The molecule has 2 aromatic carbocycles. The van der Waals surface area contributed by atoms with Crippen LogP contribution in [-0.2, 0) is 0 Å². The zero-order valence-corrected chi connectivity index (χ0v) is 16.5.